The van der Waals surface area contributed by atoms with E-state index >= 15 is 0 Å². The molecule has 78 valence electrons. The highest BCUT2D eigenvalue weighted by atomic mass is 16.5. The van der Waals surface area contributed by atoms with Crippen molar-refractivity contribution >= 4 is 0 Å². The van der Waals surface area contributed by atoms with E-state index in [9.17, 15) is 5.11 Å². The first-order valence-electron chi connectivity index (χ1n) is 4.87. The van der Waals surface area contributed by atoms with Crippen LogP contribution in [0.4, 0.5) is 0 Å². The average Bonchev–Trinajstić information content (AvgIpc) is 2.10. The molecule has 0 aliphatic heterocycles. The Morgan fingerprint density at radius 3 is 2.54 bits per heavy atom. The predicted molar refractivity (Wildman–Crippen MR) is 50.6 cm³/mol. The van der Waals surface area contributed by atoms with Gasteiger partial charge in [-0.15, -0.1) is 0 Å². The van der Waals surface area contributed by atoms with Crippen LogP contribution >= 0.6 is 0 Å². The van der Waals surface area contributed by atoms with Crippen LogP contribution in [-0.2, 0) is 9.47 Å². The number of ether oxygens (including phenoxy) is 2. The molecule has 0 aromatic carbocycles. The van der Waals surface area contributed by atoms with Gasteiger partial charge in [0.2, 0.25) is 0 Å². The summed E-state index contributed by atoms with van der Waals surface area (Å²) in [6.07, 6.45) is 1.73. The second-order valence-corrected chi connectivity index (χ2v) is 4.28. The van der Waals surface area contributed by atoms with Gasteiger partial charge in [-0.25, -0.2) is 0 Å². The van der Waals surface area contributed by atoms with Crippen LogP contribution < -0.4 is 0 Å². The maximum absolute atomic E-state index is 9.44. The second-order valence-electron chi connectivity index (χ2n) is 4.28. The molecule has 0 radical (unpaired) electrons. The summed E-state index contributed by atoms with van der Waals surface area (Å²) in [5.74, 6) is 0. The molecular formula is C10H20O3. The molecule has 0 aromatic heterocycles. The molecule has 1 saturated carbocycles. The summed E-state index contributed by atoms with van der Waals surface area (Å²) in [6, 6.07) is 0. The van der Waals surface area contributed by atoms with E-state index in [0.717, 1.165) is 26.1 Å². The molecule has 1 N–H and O–H groups in total. The van der Waals surface area contributed by atoms with Crippen molar-refractivity contribution in [3.8, 4) is 0 Å². The molecule has 0 aromatic rings. The monoisotopic (exact) mass is 188 g/mol. The summed E-state index contributed by atoms with van der Waals surface area (Å²) in [5.41, 5.74) is -0.0624. The van der Waals surface area contributed by atoms with E-state index in [4.69, 9.17) is 9.47 Å². The fourth-order valence-electron chi connectivity index (χ4n) is 1.58. The lowest BCUT2D eigenvalue weighted by atomic mass is 9.66. The Hall–Kier alpha value is -0.120. The highest BCUT2D eigenvalue weighted by Crippen LogP contribution is 2.42. The number of hydrogen-bond donors (Lipinski definition) is 1. The van der Waals surface area contributed by atoms with Gasteiger partial charge in [-0.1, -0.05) is 13.8 Å². The maximum Gasteiger partial charge on any atom is 0.0675 e. The average molecular weight is 188 g/mol. The third-order valence-electron chi connectivity index (χ3n) is 2.94. The van der Waals surface area contributed by atoms with E-state index in [1.54, 1.807) is 7.11 Å². The molecule has 0 saturated heterocycles. The largest absolute Gasteiger partial charge is 0.392 e. The van der Waals surface area contributed by atoms with Gasteiger partial charge >= 0.3 is 0 Å². The van der Waals surface area contributed by atoms with Crippen LogP contribution in [0.1, 0.15) is 26.7 Å². The molecule has 0 amide bonds. The van der Waals surface area contributed by atoms with E-state index in [1.165, 1.54) is 0 Å². The second kappa shape index (κ2) is 4.40. The molecule has 0 bridgehead atoms. The molecule has 2 unspecified atom stereocenters. The van der Waals surface area contributed by atoms with Gasteiger partial charge in [0, 0.05) is 32.2 Å². The lowest BCUT2D eigenvalue weighted by Gasteiger charge is -2.48. The molecule has 3 heteroatoms. The first kappa shape index (κ1) is 11.0. The van der Waals surface area contributed by atoms with Gasteiger partial charge in [-0.3, -0.25) is 0 Å². The fourth-order valence-corrected chi connectivity index (χ4v) is 1.58. The van der Waals surface area contributed by atoms with E-state index in [2.05, 4.69) is 0 Å². The van der Waals surface area contributed by atoms with Gasteiger partial charge in [0.15, 0.2) is 0 Å². The molecule has 1 aliphatic carbocycles. The summed E-state index contributed by atoms with van der Waals surface area (Å²) in [5, 5.41) is 9.44. The van der Waals surface area contributed by atoms with Crippen molar-refractivity contribution in [2.75, 3.05) is 20.3 Å². The van der Waals surface area contributed by atoms with Gasteiger partial charge in [-0.2, -0.15) is 0 Å². The number of rotatable bonds is 5. The van der Waals surface area contributed by atoms with Crippen LogP contribution in [0, 0.1) is 5.41 Å². The smallest absolute Gasteiger partial charge is 0.0675 e. The van der Waals surface area contributed by atoms with Crippen LogP contribution in [0.2, 0.25) is 0 Å². The van der Waals surface area contributed by atoms with E-state index in [-0.39, 0.29) is 17.6 Å². The topological polar surface area (TPSA) is 38.7 Å². The summed E-state index contributed by atoms with van der Waals surface area (Å²) >= 11 is 0. The molecule has 0 heterocycles. The number of aliphatic hydroxyl groups is 1. The molecule has 1 fully saturated rings. The SMILES string of the molecule is COCCCOC1CC(O)C1(C)C. The first-order valence-corrected chi connectivity index (χ1v) is 4.87. The van der Waals surface area contributed by atoms with E-state index in [0.29, 0.717) is 0 Å². The zero-order valence-corrected chi connectivity index (χ0v) is 8.75. The summed E-state index contributed by atoms with van der Waals surface area (Å²) in [6.45, 7) is 5.56. The molecule has 1 aliphatic rings. The minimum Gasteiger partial charge on any atom is -0.392 e. The molecule has 3 nitrogen and oxygen atoms in total. The van der Waals surface area contributed by atoms with Gasteiger partial charge < -0.3 is 14.6 Å². The van der Waals surface area contributed by atoms with Crippen LogP contribution in [0.3, 0.4) is 0 Å². The Labute approximate surface area is 80.0 Å². The van der Waals surface area contributed by atoms with Crippen molar-refractivity contribution < 1.29 is 14.6 Å². The Morgan fingerprint density at radius 2 is 2.08 bits per heavy atom. The van der Waals surface area contributed by atoms with Gasteiger partial charge in [0.1, 0.15) is 0 Å². The Bertz CT molecular complexity index is 156. The summed E-state index contributed by atoms with van der Waals surface area (Å²) in [4.78, 5) is 0. The van der Waals surface area contributed by atoms with Crippen LogP contribution in [0.15, 0.2) is 0 Å². The van der Waals surface area contributed by atoms with Crippen molar-refractivity contribution in [2.45, 2.75) is 38.9 Å². The van der Waals surface area contributed by atoms with Crippen LogP contribution in [0.25, 0.3) is 0 Å². The Morgan fingerprint density at radius 1 is 1.38 bits per heavy atom. The molecular weight excluding hydrogens is 168 g/mol. The number of aliphatic hydroxyl groups excluding tert-OH is 1. The molecule has 2 atom stereocenters. The normalized spacial score (nSPS) is 31.4. The van der Waals surface area contributed by atoms with Gasteiger partial charge in [-0.05, 0) is 6.42 Å². The molecule has 1 rings (SSSR count). The summed E-state index contributed by atoms with van der Waals surface area (Å²) in [7, 11) is 1.69. The van der Waals surface area contributed by atoms with Crippen molar-refractivity contribution in [2.24, 2.45) is 5.41 Å². The standard InChI is InChI=1S/C10H20O3/c1-10(2)8(11)7-9(10)13-6-4-5-12-3/h8-9,11H,4-7H2,1-3H3. The number of methoxy groups -OCH3 is 1. The van der Waals surface area contributed by atoms with E-state index in [1.807, 2.05) is 13.8 Å². The summed E-state index contributed by atoms with van der Waals surface area (Å²) < 4.78 is 10.5. The van der Waals surface area contributed by atoms with Crippen molar-refractivity contribution in [1.82, 2.24) is 0 Å². The minimum atomic E-state index is -0.195. The molecule has 0 spiro atoms. The highest BCUT2D eigenvalue weighted by Gasteiger charge is 2.47. The Balaban J connectivity index is 2.10. The van der Waals surface area contributed by atoms with Crippen molar-refractivity contribution in [3.63, 3.8) is 0 Å². The zero-order chi connectivity index (χ0) is 9.90. The van der Waals surface area contributed by atoms with Crippen LogP contribution in [-0.4, -0.2) is 37.6 Å². The molecule has 13 heavy (non-hydrogen) atoms. The Kier molecular flexibility index (Phi) is 3.71. The third-order valence-corrected chi connectivity index (χ3v) is 2.94. The third kappa shape index (κ3) is 2.42. The number of hydrogen-bond acceptors (Lipinski definition) is 3. The van der Waals surface area contributed by atoms with Gasteiger partial charge in [0.05, 0.1) is 12.2 Å². The fraction of sp³-hybridized carbons (Fsp3) is 1.00. The van der Waals surface area contributed by atoms with Gasteiger partial charge in [0.25, 0.3) is 0 Å². The van der Waals surface area contributed by atoms with Crippen molar-refractivity contribution in [3.05, 3.63) is 0 Å². The zero-order valence-electron chi connectivity index (χ0n) is 8.75. The van der Waals surface area contributed by atoms with Crippen molar-refractivity contribution in [1.29, 1.82) is 0 Å². The van der Waals surface area contributed by atoms with E-state index < -0.39 is 0 Å². The minimum absolute atomic E-state index is 0.0624. The van der Waals surface area contributed by atoms with Crippen LogP contribution in [0.5, 0.6) is 0 Å². The predicted octanol–water partition coefficient (Wildman–Crippen LogP) is 1.20. The highest BCUT2D eigenvalue weighted by molar-refractivity contribution is 4.98. The quantitative estimate of drug-likeness (QED) is 0.659. The lowest BCUT2D eigenvalue weighted by Crippen LogP contribution is -2.54. The lowest BCUT2D eigenvalue weighted by molar-refractivity contribution is -0.175. The maximum atomic E-state index is 9.44. The first-order chi connectivity index (χ1) is 6.09.